The SMILES string of the molecule is FC(F)Sc1ccccc1NC(=S)NC1CCCC1. The molecular weight excluding hydrogens is 286 g/mol. The van der Waals surface area contributed by atoms with E-state index in [0.717, 1.165) is 12.8 Å². The van der Waals surface area contributed by atoms with Gasteiger partial charge >= 0.3 is 0 Å². The fourth-order valence-electron chi connectivity index (χ4n) is 2.18. The van der Waals surface area contributed by atoms with Crippen molar-refractivity contribution in [2.24, 2.45) is 0 Å². The minimum absolute atomic E-state index is 0.412. The monoisotopic (exact) mass is 302 g/mol. The third-order valence-electron chi connectivity index (χ3n) is 3.04. The van der Waals surface area contributed by atoms with Gasteiger partial charge in [-0.05, 0) is 37.2 Å². The number of para-hydroxylation sites is 1. The number of nitrogens with one attached hydrogen (secondary N) is 2. The Morgan fingerprint density at radius 1 is 1.26 bits per heavy atom. The highest BCUT2D eigenvalue weighted by molar-refractivity contribution is 7.99. The van der Waals surface area contributed by atoms with Crippen LogP contribution in [0.25, 0.3) is 0 Å². The Labute approximate surface area is 121 Å². The van der Waals surface area contributed by atoms with Crippen LogP contribution in [0.2, 0.25) is 0 Å². The van der Waals surface area contributed by atoms with Crippen LogP contribution in [0.15, 0.2) is 29.2 Å². The van der Waals surface area contributed by atoms with Crippen LogP contribution in [0.4, 0.5) is 14.5 Å². The first kappa shape index (κ1) is 14.5. The van der Waals surface area contributed by atoms with Crippen LogP contribution in [0.3, 0.4) is 0 Å². The molecule has 2 nitrogen and oxygen atoms in total. The predicted octanol–water partition coefficient (Wildman–Crippen LogP) is 4.23. The largest absolute Gasteiger partial charge is 0.360 e. The molecule has 0 amide bonds. The molecule has 0 unspecified atom stereocenters. The topological polar surface area (TPSA) is 24.1 Å². The zero-order valence-corrected chi connectivity index (χ0v) is 12.0. The van der Waals surface area contributed by atoms with Gasteiger partial charge in [0.25, 0.3) is 5.76 Å². The summed E-state index contributed by atoms with van der Waals surface area (Å²) in [6.45, 7) is 0. The lowest BCUT2D eigenvalue weighted by molar-refractivity contribution is 0.252. The standard InChI is InChI=1S/C13H16F2N2S2/c14-12(15)19-11-8-4-3-7-10(11)17-13(18)16-9-5-1-2-6-9/h3-4,7-9,12H,1-2,5-6H2,(H2,16,17,18). The Balaban J connectivity index is 1.95. The Morgan fingerprint density at radius 2 is 1.95 bits per heavy atom. The Hall–Kier alpha value is -0.880. The molecule has 0 heterocycles. The van der Waals surface area contributed by atoms with Gasteiger partial charge in [-0.2, -0.15) is 8.78 Å². The van der Waals surface area contributed by atoms with Gasteiger partial charge in [0.05, 0.1) is 5.69 Å². The van der Waals surface area contributed by atoms with E-state index in [0.29, 0.717) is 33.5 Å². The van der Waals surface area contributed by atoms with Crippen molar-refractivity contribution in [2.75, 3.05) is 5.32 Å². The number of rotatable bonds is 4. The highest BCUT2D eigenvalue weighted by atomic mass is 32.2. The molecule has 2 N–H and O–H groups in total. The summed E-state index contributed by atoms with van der Waals surface area (Å²) in [5.41, 5.74) is 0.628. The van der Waals surface area contributed by atoms with E-state index < -0.39 is 5.76 Å². The lowest BCUT2D eigenvalue weighted by Crippen LogP contribution is -2.36. The van der Waals surface area contributed by atoms with Crippen molar-refractivity contribution in [3.05, 3.63) is 24.3 Å². The lowest BCUT2D eigenvalue weighted by atomic mass is 10.2. The molecule has 0 spiro atoms. The smallest absolute Gasteiger partial charge is 0.288 e. The summed E-state index contributed by atoms with van der Waals surface area (Å²) in [4.78, 5) is 0.507. The molecule has 2 rings (SSSR count). The van der Waals surface area contributed by atoms with Crippen LogP contribution < -0.4 is 10.6 Å². The van der Waals surface area contributed by atoms with Crippen molar-refractivity contribution < 1.29 is 8.78 Å². The Bertz CT molecular complexity index is 434. The molecule has 1 saturated carbocycles. The number of anilines is 1. The minimum atomic E-state index is -2.43. The van der Waals surface area contributed by atoms with E-state index in [9.17, 15) is 8.78 Å². The maximum atomic E-state index is 12.5. The van der Waals surface area contributed by atoms with Crippen LogP contribution in [-0.2, 0) is 0 Å². The van der Waals surface area contributed by atoms with Gasteiger partial charge in [0.15, 0.2) is 5.11 Å². The molecule has 0 saturated heterocycles. The normalized spacial score (nSPS) is 15.7. The fourth-order valence-corrected chi connectivity index (χ4v) is 3.05. The van der Waals surface area contributed by atoms with Crippen LogP contribution in [0.1, 0.15) is 25.7 Å². The van der Waals surface area contributed by atoms with Gasteiger partial charge in [-0.15, -0.1) is 0 Å². The third kappa shape index (κ3) is 4.62. The Morgan fingerprint density at radius 3 is 2.63 bits per heavy atom. The highest BCUT2D eigenvalue weighted by Gasteiger charge is 2.16. The van der Waals surface area contributed by atoms with Gasteiger partial charge < -0.3 is 10.6 Å². The fraction of sp³-hybridized carbons (Fsp3) is 0.462. The van der Waals surface area contributed by atoms with Crippen LogP contribution in [-0.4, -0.2) is 16.9 Å². The average Bonchev–Trinajstić information content (AvgIpc) is 2.83. The molecule has 1 aliphatic rings. The van der Waals surface area contributed by atoms with Gasteiger partial charge in [0, 0.05) is 10.9 Å². The summed E-state index contributed by atoms with van der Waals surface area (Å²) >= 11 is 5.75. The van der Waals surface area contributed by atoms with Crippen LogP contribution in [0.5, 0.6) is 0 Å². The second-order valence-electron chi connectivity index (χ2n) is 4.45. The summed E-state index contributed by atoms with van der Waals surface area (Å²) in [7, 11) is 0. The molecule has 0 radical (unpaired) electrons. The third-order valence-corrected chi connectivity index (χ3v) is 4.05. The summed E-state index contributed by atoms with van der Waals surface area (Å²) in [6, 6.07) is 7.37. The van der Waals surface area contributed by atoms with Gasteiger partial charge in [0.1, 0.15) is 0 Å². The van der Waals surface area contributed by atoms with Crippen molar-refractivity contribution in [1.29, 1.82) is 0 Å². The molecule has 0 atom stereocenters. The van der Waals surface area contributed by atoms with Gasteiger partial charge in [-0.3, -0.25) is 0 Å². The first-order valence-corrected chi connectivity index (χ1v) is 7.55. The Kier molecular flexibility index (Phi) is 5.39. The number of hydrogen-bond acceptors (Lipinski definition) is 2. The number of hydrogen-bond donors (Lipinski definition) is 2. The van der Waals surface area contributed by atoms with Crippen molar-refractivity contribution in [1.82, 2.24) is 5.32 Å². The zero-order chi connectivity index (χ0) is 13.7. The summed E-state index contributed by atoms with van der Waals surface area (Å²) in [5.74, 6) is -2.43. The number of thioether (sulfide) groups is 1. The van der Waals surface area contributed by atoms with E-state index in [1.165, 1.54) is 12.8 Å². The minimum Gasteiger partial charge on any atom is -0.360 e. The number of alkyl halides is 2. The van der Waals surface area contributed by atoms with Gasteiger partial charge in [-0.1, -0.05) is 36.7 Å². The molecule has 0 aliphatic heterocycles. The first-order valence-electron chi connectivity index (χ1n) is 6.26. The van der Waals surface area contributed by atoms with E-state index in [1.54, 1.807) is 24.3 Å². The van der Waals surface area contributed by atoms with Gasteiger partial charge in [0.2, 0.25) is 0 Å². The number of thiocarbonyl (C=S) groups is 1. The summed E-state index contributed by atoms with van der Waals surface area (Å²) in [6.07, 6.45) is 4.68. The maximum absolute atomic E-state index is 12.5. The second-order valence-corrected chi connectivity index (χ2v) is 5.89. The van der Waals surface area contributed by atoms with Crippen molar-refractivity contribution in [3.63, 3.8) is 0 Å². The van der Waals surface area contributed by atoms with Crippen LogP contribution >= 0.6 is 24.0 Å². The molecule has 0 aromatic heterocycles. The quantitative estimate of drug-likeness (QED) is 0.642. The number of benzene rings is 1. The van der Waals surface area contributed by atoms with E-state index >= 15 is 0 Å². The molecule has 1 aromatic rings. The van der Waals surface area contributed by atoms with Crippen molar-refractivity contribution in [3.8, 4) is 0 Å². The molecule has 0 bridgehead atoms. The molecule has 104 valence electrons. The van der Waals surface area contributed by atoms with Gasteiger partial charge in [-0.25, -0.2) is 0 Å². The second kappa shape index (κ2) is 7.05. The maximum Gasteiger partial charge on any atom is 0.288 e. The van der Waals surface area contributed by atoms with E-state index in [2.05, 4.69) is 10.6 Å². The molecule has 1 aliphatic carbocycles. The molecule has 1 fully saturated rings. The summed E-state index contributed by atoms with van der Waals surface area (Å²) in [5, 5.41) is 6.75. The van der Waals surface area contributed by atoms with E-state index in [4.69, 9.17) is 12.2 Å². The zero-order valence-electron chi connectivity index (χ0n) is 10.4. The number of halogens is 2. The highest BCUT2D eigenvalue weighted by Crippen LogP contribution is 2.31. The van der Waals surface area contributed by atoms with Crippen molar-refractivity contribution in [2.45, 2.75) is 42.4 Å². The molecule has 19 heavy (non-hydrogen) atoms. The van der Waals surface area contributed by atoms with Crippen LogP contribution in [0, 0.1) is 0 Å². The predicted molar refractivity (Wildman–Crippen MR) is 79.9 cm³/mol. The first-order chi connectivity index (χ1) is 9.15. The molecule has 6 heteroatoms. The lowest BCUT2D eigenvalue weighted by Gasteiger charge is -2.17. The summed E-state index contributed by atoms with van der Waals surface area (Å²) < 4.78 is 24.9. The molecular formula is C13H16F2N2S2. The average molecular weight is 302 g/mol. The van der Waals surface area contributed by atoms with Crippen molar-refractivity contribution >= 4 is 34.8 Å². The van der Waals surface area contributed by atoms with E-state index in [1.807, 2.05) is 0 Å². The van der Waals surface area contributed by atoms with E-state index in [-0.39, 0.29) is 0 Å². The molecule has 1 aromatic carbocycles.